The molecule has 3 rings (SSSR count). The van der Waals surface area contributed by atoms with Crippen LogP contribution in [0.2, 0.25) is 0 Å². The molecule has 0 unspecified atom stereocenters. The van der Waals surface area contributed by atoms with E-state index in [1.807, 2.05) is 44.4 Å². The van der Waals surface area contributed by atoms with E-state index in [-0.39, 0.29) is 17.5 Å². The van der Waals surface area contributed by atoms with Gasteiger partial charge in [0.15, 0.2) is 11.5 Å². The first-order valence-corrected chi connectivity index (χ1v) is 7.59. The van der Waals surface area contributed by atoms with Crippen LogP contribution < -0.4 is 15.0 Å². The second-order valence-electron chi connectivity index (χ2n) is 5.41. The molecule has 1 aromatic carbocycles. The molecule has 0 atom stereocenters. The molecule has 8 nitrogen and oxygen atoms in total. The van der Waals surface area contributed by atoms with E-state index in [0.717, 1.165) is 5.69 Å². The lowest BCUT2D eigenvalue weighted by Gasteiger charge is -2.17. The quantitative estimate of drug-likeness (QED) is 0.766. The maximum Gasteiger partial charge on any atom is 0.276 e. The van der Waals surface area contributed by atoms with Crippen molar-refractivity contribution in [2.24, 2.45) is 0 Å². The van der Waals surface area contributed by atoms with Gasteiger partial charge in [0.1, 0.15) is 12.0 Å². The second kappa shape index (κ2) is 7.00. The molecular formula is C17H18N6O2. The van der Waals surface area contributed by atoms with Gasteiger partial charge in [-0.2, -0.15) is 10.1 Å². The van der Waals surface area contributed by atoms with E-state index < -0.39 is 0 Å². The Kier molecular flexibility index (Phi) is 4.60. The highest BCUT2D eigenvalue weighted by molar-refractivity contribution is 6.05. The average Bonchev–Trinajstić information content (AvgIpc) is 3.12. The summed E-state index contributed by atoms with van der Waals surface area (Å²) in [5, 5.41) is 7.10. The number of carbonyl (C=O) groups excluding carboxylic acids is 1. The third kappa shape index (κ3) is 3.42. The van der Waals surface area contributed by atoms with Gasteiger partial charge in [-0.15, -0.1) is 0 Å². The molecule has 0 aliphatic rings. The van der Waals surface area contributed by atoms with Crippen LogP contribution in [-0.4, -0.2) is 46.9 Å². The van der Waals surface area contributed by atoms with E-state index in [4.69, 9.17) is 4.74 Å². The number of benzene rings is 1. The van der Waals surface area contributed by atoms with Crippen molar-refractivity contribution in [3.63, 3.8) is 0 Å². The van der Waals surface area contributed by atoms with E-state index in [9.17, 15) is 4.79 Å². The molecular weight excluding hydrogens is 320 g/mol. The molecule has 0 spiro atoms. The number of nitrogens with zero attached hydrogens (tertiary/aromatic N) is 5. The fourth-order valence-electron chi connectivity index (χ4n) is 2.31. The Labute approximate surface area is 145 Å². The van der Waals surface area contributed by atoms with Gasteiger partial charge in [0, 0.05) is 20.3 Å². The standard InChI is InChI=1S/C17H18N6O2/c1-22(2)15-14(17(25-3)19-11-18-15)20-16(24)13-9-10-23(21-13)12-7-5-4-6-8-12/h4-11H,1-3H3,(H,20,24). The molecule has 1 N–H and O–H groups in total. The zero-order valence-corrected chi connectivity index (χ0v) is 14.2. The lowest BCUT2D eigenvalue weighted by Crippen LogP contribution is -2.19. The number of rotatable bonds is 5. The number of amides is 1. The van der Waals surface area contributed by atoms with Gasteiger partial charge in [-0.05, 0) is 18.2 Å². The van der Waals surface area contributed by atoms with Crippen molar-refractivity contribution in [2.75, 3.05) is 31.4 Å². The minimum Gasteiger partial charge on any atom is -0.479 e. The fraction of sp³-hybridized carbons (Fsp3) is 0.176. The van der Waals surface area contributed by atoms with Gasteiger partial charge in [0.05, 0.1) is 12.8 Å². The van der Waals surface area contributed by atoms with Crippen molar-refractivity contribution < 1.29 is 9.53 Å². The molecule has 2 heterocycles. The summed E-state index contributed by atoms with van der Waals surface area (Å²) in [4.78, 5) is 22.6. The van der Waals surface area contributed by atoms with Crippen LogP contribution in [0.15, 0.2) is 48.9 Å². The topological polar surface area (TPSA) is 85.2 Å². The monoisotopic (exact) mass is 338 g/mol. The Morgan fingerprint density at radius 3 is 2.60 bits per heavy atom. The number of para-hydroxylation sites is 1. The Morgan fingerprint density at radius 2 is 1.92 bits per heavy atom. The zero-order valence-electron chi connectivity index (χ0n) is 14.2. The minimum atomic E-state index is -0.370. The van der Waals surface area contributed by atoms with Crippen molar-refractivity contribution in [1.29, 1.82) is 0 Å². The summed E-state index contributed by atoms with van der Waals surface area (Å²) in [6.07, 6.45) is 3.11. The predicted octanol–water partition coefficient (Wildman–Crippen LogP) is 1.99. The van der Waals surface area contributed by atoms with Gasteiger partial charge in [-0.1, -0.05) is 18.2 Å². The van der Waals surface area contributed by atoms with Gasteiger partial charge in [0.2, 0.25) is 5.88 Å². The number of aromatic nitrogens is 4. The van der Waals surface area contributed by atoms with E-state index in [0.29, 0.717) is 11.5 Å². The molecule has 0 bridgehead atoms. The van der Waals surface area contributed by atoms with Crippen LogP contribution in [0.25, 0.3) is 5.69 Å². The van der Waals surface area contributed by atoms with Crippen molar-refractivity contribution in [3.8, 4) is 11.6 Å². The van der Waals surface area contributed by atoms with E-state index in [1.165, 1.54) is 13.4 Å². The maximum absolute atomic E-state index is 12.6. The molecule has 0 aliphatic heterocycles. The third-order valence-corrected chi connectivity index (χ3v) is 3.49. The molecule has 2 aromatic heterocycles. The SMILES string of the molecule is COc1ncnc(N(C)C)c1NC(=O)c1ccn(-c2ccccc2)n1. The summed E-state index contributed by atoms with van der Waals surface area (Å²) < 4.78 is 6.87. The molecule has 0 aliphatic carbocycles. The second-order valence-corrected chi connectivity index (χ2v) is 5.41. The molecule has 1 amide bonds. The number of nitrogens with one attached hydrogen (secondary N) is 1. The first-order valence-electron chi connectivity index (χ1n) is 7.59. The predicted molar refractivity (Wildman–Crippen MR) is 94.4 cm³/mol. The highest BCUT2D eigenvalue weighted by Gasteiger charge is 2.19. The van der Waals surface area contributed by atoms with Crippen LogP contribution in [-0.2, 0) is 0 Å². The Bertz CT molecular complexity index is 876. The number of hydrogen-bond acceptors (Lipinski definition) is 6. The maximum atomic E-state index is 12.6. The van der Waals surface area contributed by atoms with E-state index in [1.54, 1.807) is 21.8 Å². The Morgan fingerprint density at radius 1 is 1.16 bits per heavy atom. The molecule has 0 radical (unpaired) electrons. The van der Waals surface area contributed by atoms with Gasteiger partial charge in [0.25, 0.3) is 5.91 Å². The Balaban J connectivity index is 1.88. The highest BCUT2D eigenvalue weighted by Crippen LogP contribution is 2.30. The van der Waals surface area contributed by atoms with Crippen molar-refractivity contribution >= 4 is 17.4 Å². The van der Waals surface area contributed by atoms with Crippen LogP contribution in [0.4, 0.5) is 11.5 Å². The highest BCUT2D eigenvalue weighted by atomic mass is 16.5. The first-order chi connectivity index (χ1) is 12.1. The Hall–Kier alpha value is -3.42. The summed E-state index contributed by atoms with van der Waals surface area (Å²) in [6, 6.07) is 11.2. The fourth-order valence-corrected chi connectivity index (χ4v) is 2.31. The number of methoxy groups -OCH3 is 1. The largest absolute Gasteiger partial charge is 0.479 e. The normalized spacial score (nSPS) is 10.4. The summed E-state index contributed by atoms with van der Waals surface area (Å²) >= 11 is 0. The molecule has 25 heavy (non-hydrogen) atoms. The van der Waals surface area contributed by atoms with Gasteiger partial charge in [-0.3, -0.25) is 4.79 Å². The number of anilines is 2. The minimum absolute atomic E-state index is 0.277. The van der Waals surface area contributed by atoms with Crippen LogP contribution >= 0.6 is 0 Å². The van der Waals surface area contributed by atoms with Crippen LogP contribution in [0, 0.1) is 0 Å². The van der Waals surface area contributed by atoms with Gasteiger partial charge >= 0.3 is 0 Å². The van der Waals surface area contributed by atoms with Gasteiger partial charge in [-0.25, -0.2) is 9.67 Å². The number of carbonyl (C=O) groups is 1. The van der Waals surface area contributed by atoms with Crippen molar-refractivity contribution in [1.82, 2.24) is 19.7 Å². The van der Waals surface area contributed by atoms with Crippen LogP contribution in [0.5, 0.6) is 5.88 Å². The van der Waals surface area contributed by atoms with Crippen LogP contribution in [0.1, 0.15) is 10.5 Å². The third-order valence-electron chi connectivity index (χ3n) is 3.49. The van der Waals surface area contributed by atoms with Gasteiger partial charge < -0.3 is 15.0 Å². The summed E-state index contributed by atoms with van der Waals surface area (Å²) in [5.41, 5.74) is 1.55. The average molecular weight is 338 g/mol. The van der Waals surface area contributed by atoms with Crippen molar-refractivity contribution in [2.45, 2.75) is 0 Å². The first kappa shape index (κ1) is 16.4. The zero-order chi connectivity index (χ0) is 17.8. The number of ether oxygens (including phenoxy) is 1. The smallest absolute Gasteiger partial charge is 0.276 e. The molecule has 128 valence electrons. The van der Waals surface area contributed by atoms with E-state index >= 15 is 0 Å². The number of hydrogen-bond donors (Lipinski definition) is 1. The molecule has 0 fully saturated rings. The lowest BCUT2D eigenvalue weighted by molar-refractivity contribution is 0.102. The van der Waals surface area contributed by atoms with Crippen LogP contribution in [0.3, 0.4) is 0 Å². The molecule has 3 aromatic rings. The summed E-state index contributed by atoms with van der Waals surface area (Å²) in [7, 11) is 5.13. The molecule has 0 saturated carbocycles. The molecule has 0 saturated heterocycles. The van der Waals surface area contributed by atoms with Crippen molar-refractivity contribution in [3.05, 3.63) is 54.6 Å². The lowest BCUT2D eigenvalue weighted by atomic mass is 10.3. The summed E-state index contributed by atoms with van der Waals surface area (Å²) in [6.45, 7) is 0. The summed E-state index contributed by atoms with van der Waals surface area (Å²) in [5.74, 6) is 0.461. The van der Waals surface area contributed by atoms with E-state index in [2.05, 4.69) is 20.4 Å². The molecule has 8 heteroatoms.